The third-order valence-corrected chi connectivity index (χ3v) is 4.14. The summed E-state index contributed by atoms with van der Waals surface area (Å²) in [6.07, 6.45) is 0.495. The third kappa shape index (κ3) is 3.52. The van der Waals surface area contributed by atoms with Gasteiger partial charge in [-0.3, -0.25) is 9.59 Å². The van der Waals surface area contributed by atoms with Gasteiger partial charge >= 0.3 is 5.97 Å². The van der Waals surface area contributed by atoms with Gasteiger partial charge in [0, 0.05) is 16.5 Å². The smallest absolute Gasteiger partial charge is 0.304 e. The van der Waals surface area contributed by atoms with Gasteiger partial charge in [-0.05, 0) is 28.1 Å². The Kier molecular flexibility index (Phi) is 5.04. The summed E-state index contributed by atoms with van der Waals surface area (Å²) in [5, 5.41) is 8.74. The van der Waals surface area contributed by atoms with Crippen LogP contribution in [0, 0.1) is 0 Å². The molecular weight excluding hydrogens is 396 g/mol. The fourth-order valence-corrected chi connectivity index (χ4v) is 2.83. The number of rotatable bonds is 4. The molecule has 5 nitrogen and oxygen atoms in total. The van der Waals surface area contributed by atoms with Crippen molar-refractivity contribution in [2.75, 3.05) is 13.2 Å². The molecule has 0 radical (unpaired) electrons. The van der Waals surface area contributed by atoms with Crippen molar-refractivity contribution in [3.63, 3.8) is 0 Å². The molecule has 1 unspecified atom stereocenters. The lowest BCUT2D eigenvalue weighted by Gasteiger charge is -2.12. The van der Waals surface area contributed by atoms with Gasteiger partial charge in [-0.15, -0.1) is 0 Å². The number of fused-ring (bicyclic) bond motifs is 1. The number of carboxylic acids is 1. The molecule has 0 spiro atoms. The molecule has 1 N–H and O–H groups in total. The van der Waals surface area contributed by atoms with Crippen LogP contribution in [0.25, 0.3) is 0 Å². The number of ether oxygens (including phenoxy) is 2. The summed E-state index contributed by atoms with van der Waals surface area (Å²) in [5.74, 6) is -0.264. The Balaban J connectivity index is 2.30. The summed E-state index contributed by atoms with van der Waals surface area (Å²) in [6, 6.07) is 3.26. The SMILES string of the molecule is O=C(O)CC(Br)C(=O)c1cc2c(cc1Br)OCCCO2. The van der Waals surface area contributed by atoms with Crippen LogP contribution in [0.4, 0.5) is 0 Å². The molecule has 20 heavy (non-hydrogen) atoms. The molecular formula is C13H12Br2O5. The summed E-state index contributed by atoms with van der Waals surface area (Å²) in [7, 11) is 0. The van der Waals surface area contributed by atoms with E-state index in [1.165, 1.54) is 0 Å². The van der Waals surface area contributed by atoms with Gasteiger partial charge in [0.05, 0.1) is 24.5 Å². The molecule has 0 fully saturated rings. The van der Waals surface area contributed by atoms with E-state index in [1.807, 2.05) is 0 Å². The summed E-state index contributed by atoms with van der Waals surface area (Å²) in [4.78, 5) is 22.1. The standard InChI is InChI=1S/C13H12Br2O5/c14-8-5-11-10(19-2-1-3-20-11)4-7(8)13(18)9(15)6-12(16)17/h4-5,9H,1-3,6H2,(H,16,17). The molecule has 1 aromatic carbocycles. The molecule has 1 atom stereocenters. The van der Waals surface area contributed by atoms with Crippen molar-refractivity contribution in [3.8, 4) is 11.5 Å². The number of benzene rings is 1. The topological polar surface area (TPSA) is 72.8 Å². The van der Waals surface area contributed by atoms with E-state index >= 15 is 0 Å². The van der Waals surface area contributed by atoms with E-state index in [4.69, 9.17) is 14.6 Å². The molecule has 1 heterocycles. The first-order valence-electron chi connectivity index (χ1n) is 5.98. The van der Waals surface area contributed by atoms with Gasteiger partial charge in [0.1, 0.15) is 0 Å². The fourth-order valence-electron chi connectivity index (χ4n) is 1.79. The number of hydrogen-bond acceptors (Lipinski definition) is 4. The van der Waals surface area contributed by atoms with Crippen LogP contribution in [0.2, 0.25) is 0 Å². The molecule has 1 aliphatic heterocycles. The maximum Gasteiger partial charge on any atom is 0.304 e. The summed E-state index contributed by atoms with van der Waals surface area (Å²) in [6.45, 7) is 1.09. The van der Waals surface area contributed by atoms with Gasteiger partial charge in [0.2, 0.25) is 0 Å². The lowest BCUT2D eigenvalue weighted by molar-refractivity contribution is -0.136. The Morgan fingerprint density at radius 3 is 2.45 bits per heavy atom. The second-order valence-corrected chi connectivity index (χ2v) is 6.22. The molecule has 7 heteroatoms. The number of carbonyl (C=O) groups is 2. The average Bonchev–Trinajstić information content (AvgIpc) is 2.60. The van der Waals surface area contributed by atoms with Crippen LogP contribution in [0.3, 0.4) is 0 Å². The molecule has 0 amide bonds. The van der Waals surface area contributed by atoms with Gasteiger partial charge in [-0.2, -0.15) is 0 Å². The molecule has 2 rings (SSSR count). The predicted molar refractivity (Wildman–Crippen MR) is 79.0 cm³/mol. The average molecular weight is 408 g/mol. The van der Waals surface area contributed by atoms with E-state index in [1.54, 1.807) is 12.1 Å². The number of halogens is 2. The highest BCUT2D eigenvalue weighted by molar-refractivity contribution is 9.10. The summed E-state index contributed by atoms with van der Waals surface area (Å²) < 4.78 is 11.6. The fraction of sp³-hybridized carbons (Fsp3) is 0.385. The molecule has 1 aromatic rings. The molecule has 0 bridgehead atoms. The van der Waals surface area contributed by atoms with Crippen molar-refractivity contribution >= 4 is 43.6 Å². The van der Waals surface area contributed by atoms with Gasteiger partial charge < -0.3 is 14.6 Å². The normalized spacial score (nSPS) is 15.3. The highest BCUT2D eigenvalue weighted by atomic mass is 79.9. The van der Waals surface area contributed by atoms with Crippen molar-refractivity contribution in [3.05, 3.63) is 22.2 Å². The summed E-state index contributed by atoms with van der Waals surface area (Å²) in [5.41, 5.74) is 0.373. The van der Waals surface area contributed by atoms with Gasteiger partial charge in [-0.1, -0.05) is 15.9 Å². The number of alkyl halides is 1. The number of hydrogen-bond donors (Lipinski definition) is 1. The lowest BCUT2D eigenvalue weighted by atomic mass is 10.1. The number of carboxylic acid groups (broad SMARTS) is 1. The number of Topliss-reactive ketones (excluding diaryl/α,β-unsaturated/α-hetero) is 1. The maximum atomic E-state index is 12.2. The van der Waals surface area contributed by atoms with Crippen molar-refractivity contribution in [1.82, 2.24) is 0 Å². The zero-order valence-corrected chi connectivity index (χ0v) is 13.6. The molecule has 0 saturated carbocycles. The van der Waals surface area contributed by atoms with Crippen LogP contribution >= 0.6 is 31.9 Å². The molecule has 108 valence electrons. The Morgan fingerprint density at radius 2 is 1.85 bits per heavy atom. The Morgan fingerprint density at radius 1 is 1.25 bits per heavy atom. The van der Waals surface area contributed by atoms with E-state index < -0.39 is 10.8 Å². The second-order valence-electron chi connectivity index (χ2n) is 4.26. The minimum atomic E-state index is -1.04. The van der Waals surface area contributed by atoms with Crippen LogP contribution in [0.15, 0.2) is 16.6 Å². The number of aliphatic carboxylic acids is 1. The van der Waals surface area contributed by atoms with Crippen molar-refractivity contribution in [2.24, 2.45) is 0 Å². The quantitative estimate of drug-likeness (QED) is 0.613. The van der Waals surface area contributed by atoms with Crippen molar-refractivity contribution < 1.29 is 24.2 Å². The highest BCUT2D eigenvalue weighted by Gasteiger charge is 2.24. The molecule has 0 aromatic heterocycles. The van der Waals surface area contributed by atoms with E-state index in [9.17, 15) is 9.59 Å². The van der Waals surface area contributed by atoms with Crippen LogP contribution in [0.1, 0.15) is 23.2 Å². The van der Waals surface area contributed by atoms with E-state index in [2.05, 4.69) is 31.9 Å². The van der Waals surface area contributed by atoms with Crippen LogP contribution in [-0.2, 0) is 4.79 Å². The van der Waals surface area contributed by atoms with Crippen LogP contribution < -0.4 is 9.47 Å². The van der Waals surface area contributed by atoms with Gasteiger partial charge in [-0.25, -0.2) is 0 Å². The van der Waals surface area contributed by atoms with Crippen LogP contribution in [0.5, 0.6) is 11.5 Å². The first kappa shape index (κ1) is 15.3. The minimum absolute atomic E-state index is 0.278. The summed E-state index contributed by atoms with van der Waals surface area (Å²) >= 11 is 6.41. The van der Waals surface area contributed by atoms with E-state index in [-0.39, 0.29) is 12.2 Å². The number of ketones is 1. The molecule has 0 aliphatic carbocycles. The zero-order chi connectivity index (χ0) is 14.7. The molecule has 0 saturated heterocycles. The number of carbonyl (C=O) groups excluding carboxylic acids is 1. The Bertz CT molecular complexity index is 544. The first-order chi connectivity index (χ1) is 9.49. The first-order valence-corrected chi connectivity index (χ1v) is 7.69. The van der Waals surface area contributed by atoms with Crippen molar-refractivity contribution in [2.45, 2.75) is 17.7 Å². The largest absolute Gasteiger partial charge is 0.490 e. The third-order valence-electron chi connectivity index (χ3n) is 2.74. The van der Waals surface area contributed by atoms with Gasteiger partial charge in [0.15, 0.2) is 17.3 Å². The predicted octanol–water partition coefficient (Wildman–Crippen LogP) is 3.03. The Hall–Kier alpha value is -1.08. The minimum Gasteiger partial charge on any atom is -0.490 e. The van der Waals surface area contributed by atoms with E-state index in [0.717, 1.165) is 6.42 Å². The highest BCUT2D eigenvalue weighted by Crippen LogP contribution is 2.36. The van der Waals surface area contributed by atoms with Crippen LogP contribution in [-0.4, -0.2) is 34.9 Å². The zero-order valence-electron chi connectivity index (χ0n) is 10.4. The van der Waals surface area contributed by atoms with E-state index in [0.29, 0.717) is 34.7 Å². The van der Waals surface area contributed by atoms with Crippen molar-refractivity contribution in [1.29, 1.82) is 0 Å². The second kappa shape index (κ2) is 6.58. The monoisotopic (exact) mass is 406 g/mol. The lowest BCUT2D eigenvalue weighted by Crippen LogP contribution is -2.18. The Labute approximate surface area is 132 Å². The van der Waals surface area contributed by atoms with Gasteiger partial charge in [0.25, 0.3) is 0 Å². The molecule has 1 aliphatic rings. The maximum absolute atomic E-state index is 12.2.